The molecule has 3 aromatic rings. The molecule has 0 aliphatic carbocycles. The number of benzene rings is 2. The highest BCUT2D eigenvalue weighted by atomic mass is 32.2. The van der Waals surface area contributed by atoms with Gasteiger partial charge in [0, 0.05) is 12.6 Å². The predicted molar refractivity (Wildman–Crippen MR) is 106 cm³/mol. The number of sulfone groups is 1. The number of carbonyl (C=O) groups excluding carboxylic acids is 1. The summed E-state index contributed by atoms with van der Waals surface area (Å²) in [5.41, 5.74) is 1.12. The molecule has 1 aromatic heterocycles. The molecule has 0 spiro atoms. The van der Waals surface area contributed by atoms with Crippen LogP contribution in [0.4, 0.5) is 0 Å². The number of aryl methyl sites for hydroxylation is 1. The van der Waals surface area contributed by atoms with Gasteiger partial charge < -0.3 is 9.30 Å². The number of ether oxygens (including phenoxy) is 1. The Morgan fingerprint density at radius 2 is 1.93 bits per heavy atom. The maximum Gasteiger partial charge on any atom is 0.279 e. The van der Waals surface area contributed by atoms with Crippen molar-refractivity contribution >= 4 is 37.3 Å². The van der Waals surface area contributed by atoms with Crippen molar-refractivity contribution in [2.24, 2.45) is 12.0 Å². The summed E-state index contributed by atoms with van der Waals surface area (Å²) >= 11 is 1.38. The third-order valence-electron chi connectivity index (χ3n) is 4.10. The summed E-state index contributed by atoms with van der Waals surface area (Å²) in [5.74, 6) is 0.231. The van der Waals surface area contributed by atoms with Crippen molar-refractivity contribution in [3.63, 3.8) is 0 Å². The fourth-order valence-corrected chi connectivity index (χ4v) is 4.65. The average Bonchev–Trinajstić information content (AvgIpc) is 2.98. The standard InChI is InChI=1S/C19H20N2O4S2/c1-4-25-15-10-7-11-16-17(15)21(3)19(26-16)20-18(22)13-8-6-9-14(12-13)27(23,24)5-2/h6-12H,4-5H2,1-3H3. The van der Waals surface area contributed by atoms with Crippen LogP contribution in [0, 0.1) is 0 Å². The second kappa shape index (κ2) is 7.66. The Balaban J connectivity index is 2.08. The second-order valence-corrected chi connectivity index (χ2v) is 9.12. The zero-order chi connectivity index (χ0) is 19.6. The highest BCUT2D eigenvalue weighted by Gasteiger charge is 2.15. The van der Waals surface area contributed by atoms with E-state index in [-0.39, 0.29) is 16.2 Å². The first-order valence-electron chi connectivity index (χ1n) is 8.50. The van der Waals surface area contributed by atoms with Crippen molar-refractivity contribution in [3.05, 3.63) is 52.8 Å². The quantitative estimate of drug-likeness (QED) is 0.654. The van der Waals surface area contributed by atoms with Crippen LogP contribution >= 0.6 is 11.3 Å². The molecule has 0 saturated carbocycles. The highest BCUT2D eigenvalue weighted by Crippen LogP contribution is 2.26. The zero-order valence-corrected chi connectivity index (χ0v) is 16.9. The van der Waals surface area contributed by atoms with Crippen LogP contribution in [0.2, 0.25) is 0 Å². The first kappa shape index (κ1) is 19.3. The summed E-state index contributed by atoms with van der Waals surface area (Å²) in [7, 11) is -1.56. The molecular weight excluding hydrogens is 384 g/mol. The van der Waals surface area contributed by atoms with Crippen LogP contribution in [0.15, 0.2) is 52.4 Å². The van der Waals surface area contributed by atoms with E-state index in [4.69, 9.17) is 4.74 Å². The minimum Gasteiger partial charge on any atom is -0.492 e. The number of para-hydroxylation sites is 1. The molecule has 2 aromatic carbocycles. The van der Waals surface area contributed by atoms with Gasteiger partial charge in [0.05, 0.1) is 22.0 Å². The molecule has 1 heterocycles. The predicted octanol–water partition coefficient (Wildman–Crippen LogP) is 3.17. The molecule has 0 bridgehead atoms. The fourth-order valence-electron chi connectivity index (χ4n) is 2.69. The molecule has 8 heteroatoms. The van der Waals surface area contributed by atoms with Crippen LogP contribution in [0.5, 0.6) is 5.75 Å². The van der Waals surface area contributed by atoms with E-state index in [0.717, 1.165) is 16.0 Å². The Hall–Kier alpha value is -2.45. The first-order valence-corrected chi connectivity index (χ1v) is 11.0. The Bertz CT molecular complexity index is 1170. The van der Waals surface area contributed by atoms with Gasteiger partial charge in [0.1, 0.15) is 11.3 Å². The number of nitrogens with zero attached hydrogens (tertiary/aromatic N) is 2. The molecule has 0 radical (unpaired) electrons. The average molecular weight is 405 g/mol. The Kier molecular flexibility index (Phi) is 5.48. The van der Waals surface area contributed by atoms with Crippen LogP contribution < -0.4 is 9.54 Å². The largest absolute Gasteiger partial charge is 0.492 e. The molecule has 3 rings (SSSR count). The van der Waals surface area contributed by atoms with E-state index in [0.29, 0.717) is 11.4 Å². The summed E-state index contributed by atoms with van der Waals surface area (Å²) in [5, 5.41) is 0. The van der Waals surface area contributed by atoms with E-state index in [1.54, 1.807) is 19.1 Å². The fraction of sp³-hybridized carbons (Fsp3) is 0.263. The Morgan fingerprint density at radius 3 is 2.63 bits per heavy atom. The Labute approximate surface area is 161 Å². The van der Waals surface area contributed by atoms with E-state index in [9.17, 15) is 13.2 Å². The van der Waals surface area contributed by atoms with E-state index < -0.39 is 15.7 Å². The van der Waals surface area contributed by atoms with Gasteiger partial charge in [-0.1, -0.05) is 30.4 Å². The van der Waals surface area contributed by atoms with Crippen molar-refractivity contribution < 1.29 is 17.9 Å². The van der Waals surface area contributed by atoms with E-state index in [2.05, 4.69) is 4.99 Å². The zero-order valence-electron chi connectivity index (χ0n) is 15.3. The summed E-state index contributed by atoms with van der Waals surface area (Å²) in [6.45, 7) is 4.03. The molecule has 0 atom stereocenters. The number of thiazole rings is 1. The van der Waals surface area contributed by atoms with Gasteiger partial charge >= 0.3 is 0 Å². The lowest BCUT2D eigenvalue weighted by atomic mass is 10.2. The third kappa shape index (κ3) is 3.81. The maximum absolute atomic E-state index is 12.6. The number of amides is 1. The van der Waals surface area contributed by atoms with Crippen LogP contribution in [0.25, 0.3) is 10.2 Å². The lowest BCUT2D eigenvalue weighted by Crippen LogP contribution is -2.14. The van der Waals surface area contributed by atoms with Crippen LogP contribution in [0.3, 0.4) is 0 Å². The summed E-state index contributed by atoms with van der Waals surface area (Å²) in [6.07, 6.45) is 0. The topological polar surface area (TPSA) is 77.7 Å². The number of carbonyl (C=O) groups is 1. The second-order valence-electron chi connectivity index (χ2n) is 5.83. The first-order chi connectivity index (χ1) is 12.9. The smallest absolute Gasteiger partial charge is 0.279 e. The summed E-state index contributed by atoms with van der Waals surface area (Å²) in [6, 6.07) is 11.7. The lowest BCUT2D eigenvalue weighted by Gasteiger charge is -2.05. The SMILES string of the molecule is CCOc1cccc2sc(=NC(=O)c3cccc(S(=O)(=O)CC)c3)n(C)c12. The number of rotatable bonds is 5. The highest BCUT2D eigenvalue weighted by molar-refractivity contribution is 7.91. The Morgan fingerprint density at radius 1 is 1.19 bits per heavy atom. The molecule has 0 unspecified atom stereocenters. The number of hydrogen-bond acceptors (Lipinski definition) is 5. The van der Waals surface area contributed by atoms with Crippen molar-refractivity contribution in [1.82, 2.24) is 4.57 Å². The van der Waals surface area contributed by atoms with Crippen molar-refractivity contribution in [2.75, 3.05) is 12.4 Å². The summed E-state index contributed by atoms with van der Waals surface area (Å²) < 4.78 is 32.5. The van der Waals surface area contributed by atoms with Gasteiger partial charge in [-0.05, 0) is 37.3 Å². The minimum absolute atomic E-state index is 0.0206. The molecule has 0 aliphatic heterocycles. The maximum atomic E-state index is 12.6. The van der Waals surface area contributed by atoms with Crippen molar-refractivity contribution in [3.8, 4) is 5.75 Å². The molecule has 27 heavy (non-hydrogen) atoms. The molecule has 0 N–H and O–H groups in total. The number of aromatic nitrogens is 1. The van der Waals surface area contributed by atoms with Gasteiger partial charge in [-0.2, -0.15) is 4.99 Å². The molecule has 0 fully saturated rings. The third-order valence-corrected chi connectivity index (χ3v) is 6.93. The molecule has 142 valence electrons. The van der Waals surface area contributed by atoms with Gasteiger partial charge in [0.25, 0.3) is 5.91 Å². The van der Waals surface area contributed by atoms with Gasteiger partial charge in [0.2, 0.25) is 0 Å². The molecular formula is C19H20N2O4S2. The van der Waals surface area contributed by atoms with Gasteiger partial charge in [-0.25, -0.2) is 8.42 Å². The number of hydrogen-bond donors (Lipinski definition) is 0. The van der Waals surface area contributed by atoms with Gasteiger partial charge in [0.15, 0.2) is 14.6 Å². The van der Waals surface area contributed by atoms with Crippen LogP contribution in [-0.2, 0) is 16.9 Å². The summed E-state index contributed by atoms with van der Waals surface area (Å²) in [4.78, 5) is 17.5. The van der Waals surface area contributed by atoms with E-state index in [1.165, 1.54) is 23.5 Å². The molecule has 0 aliphatic rings. The van der Waals surface area contributed by atoms with Gasteiger partial charge in [-0.15, -0.1) is 0 Å². The van der Waals surface area contributed by atoms with Crippen molar-refractivity contribution in [2.45, 2.75) is 18.7 Å². The lowest BCUT2D eigenvalue weighted by molar-refractivity contribution is 0.0997. The van der Waals surface area contributed by atoms with Crippen LogP contribution in [0.1, 0.15) is 24.2 Å². The van der Waals surface area contributed by atoms with E-state index >= 15 is 0 Å². The molecule has 6 nitrogen and oxygen atoms in total. The monoisotopic (exact) mass is 404 g/mol. The molecule has 0 saturated heterocycles. The van der Waals surface area contributed by atoms with Crippen LogP contribution in [-0.4, -0.2) is 31.3 Å². The normalized spacial score (nSPS) is 12.5. The van der Waals surface area contributed by atoms with Crippen molar-refractivity contribution in [1.29, 1.82) is 0 Å². The minimum atomic E-state index is -3.38. The molecule has 1 amide bonds. The van der Waals surface area contributed by atoms with E-state index in [1.807, 2.05) is 36.7 Å². The van der Waals surface area contributed by atoms with Gasteiger partial charge in [-0.3, -0.25) is 4.79 Å². The number of fused-ring (bicyclic) bond motifs is 1.